The number of hydrogen-bond donors (Lipinski definition) is 0. The Hall–Kier alpha value is -4.61. The van der Waals surface area contributed by atoms with E-state index in [0.29, 0.717) is 11.8 Å². The second kappa shape index (κ2) is 16.5. The third kappa shape index (κ3) is 8.39. The summed E-state index contributed by atoms with van der Waals surface area (Å²) in [5, 5.41) is 3.29. The molecule has 6 heteroatoms. The third-order valence-corrected chi connectivity index (χ3v) is 11.9. The summed E-state index contributed by atoms with van der Waals surface area (Å²) in [5.74, 6) is 1.60. The van der Waals surface area contributed by atoms with Crippen LogP contribution >= 0.6 is 0 Å². The fraction of sp³-hybridized carbons (Fsp3) is 0.280. The number of para-hydroxylation sites is 4. The van der Waals surface area contributed by atoms with Crippen LogP contribution in [0.4, 0.5) is 0 Å². The number of imidazole rings is 1. The van der Waals surface area contributed by atoms with E-state index in [1.807, 2.05) is 81.6 Å². The van der Waals surface area contributed by atoms with Crippen LogP contribution in [0.3, 0.4) is 0 Å². The van der Waals surface area contributed by atoms with E-state index < -0.39 is 19.9 Å². The second-order valence-electron chi connectivity index (χ2n) is 17.1. The normalized spacial score (nSPS) is 12.8. The Morgan fingerprint density at radius 2 is 1.46 bits per heavy atom. The van der Waals surface area contributed by atoms with Crippen LogP contribution in [-0.4, -0.2) is 22.6 Å². The van der Waals surface area contributed by atoms with Crippen molar-refractivity contribution in [1.82, 2.24) is 14.5 Å². The van der Waals surface area contributed by atoms with Crippen LogP contribution in [-0.2, 0) is 26.5 Å². The minimum absolute atomic E-state index is 0. The predicted molar refractivity (Wildman–Crippen MR) is 235 cm³/mol. The van der Waals surface area contributed by atoms with Gasteiger partial charge in [-0.1, -0.05) is 139 Å². The van der Waals surface area contributed by atoms with Gasteiger partial charge in [-0.2, -0.15) is 0 Å². The predicted octanol–water partition coefficient (Wildman–Crippen LogP) is 13.3. The Balaban J connectivity index is 0.000000208. The molecule has 0 saturated carbocycles. The van der Waals surface area contributed by atoms with E-state index in [1.165, 1.54) is 16.8 Å². The second-order valence-corrected chi connectivity index (χ2v) is 22.1. The van der Waals surface area contributed by atoms with Gasteiger partial charge < -0.3 is 14.0 Å². The molecule has 0 unspecified atom stereocenters. The maximum Gasteiger partial charge on any atom is 0.120 e. The molecule has 0 aliphatic carbocycles. The van der Waals surface area contributed by atoms with Crippen LogP contribution in [0.1, 0.15) is 79.7 Å². The first-order valence-corrected chi connectivity index (χ1v) is 22.9. The van der Waals surface area contributed by atoms with Crippen LogP contribution in [0.15, 0.2) is 120 Å². The van der Waals surface area contributed by atoms with Crippen molar-refractivity contribution in [3.05, 3.63) is 144 Å². The van der Waals surface area contributed by atoms with Crippen LogP contribution in [0, 0.1) is 17.5 Å². The maximum atomic E-state index is 8.75. The quantitative estimate of drug-likeness (QED) is 0.118. The number of aromatic nitrogens is 3. The number of fused-ring (bicyclic) bond motifs is 4. The van der Waals surface area contributed by atoms with Crippen molar-refractivity contribution >= 4 is 46.2 Å². The zero-order valence-electron chi connectivity index (χ0n) is 36.2. The monoisotopic (exact) mass is 934 g/mol. The first-order chi connectivity index (χ1) is 27.0. The van der Waals surface area contributed by atoms with Crippen molar-refractivity contribution in [1.29, 1.82) is 0 Å². The molecule has 4 nitrogen and oxygen atoms in total. The molecule has 56 heavy (non-hydrogen) atoms. The Bertz CT molecular complexity index is 2680. The molecule has 0 aliphatic rings. The van der Waals surface area contributed by atoms with E-state index in [2.05, 4.69) is 124 Å². The van der Waals surface area contributed by atoms with Crippen LogP contribution in [0.5, 0.6) is 0 Å². The van der Waals surface area contributed by atoms with Crippen molar-refractivity contribution in [2.45, 2.75) is 86.3 Å². The molecule has 1 radical (unpaired) electrons. The van der Waals surface area contributed by atoms with Crippen molar-refractivity contribution in [2.75, 3.05) is 0 Å². The first-order valence-electron chi connectivity index (χ1n) is 20.4. The minimum Gasteiger partial charge on any atom is -0.501 e. The van der Waals surface area contributed by atoms with Gasteiger partial charge in [0.15, 0.2) is 0 Å². The summed E-state index contributed by atoms with van der Waals surface area (Å²) >= 11 is 0. The number of pyridine rings is 1. The maximum absolute atomic E-state index is 8.75. The van der Waals surface area contributed by atoms with Crippen molar-refractivity contribution in [3.8, 4) is 28.3 Å². The zero-order valence-corrected chi connectivity index (χ0v) is 37.6. The summed E-state index contributed by atoms with van der Waals surface area (Å²) in [5.41, 5.74) is 10.5. The first kappa shape index (κ1) is 38.3. The van der Waals surface area contributed by atoms with Gasteiger partial charge in [0.1, 0.15) is 5.58 Å². The van der Waals surface area contributed by atoms with E-state index in [0.717, 1.165) is 66.4 Å². The van der Waals surface area contributed by atoms with Gasteiger partial charge in [0.05, 0.1) is 30.5 Å². The molecule has 3 aromatic heterocycles. The molecule has 3 heterocycles. The molecule has 0 saturated heterocycles. The number of benzene rings is 5. The van der Waals surface area contributed by atoms with Gasteiger partial charge in [0, 0.05) is 40.1 Å². The molecule has 0 spiro atoms. The average molecular weight is 934 g/mol. The largest absolute Gasteiger partial charge is 0.501 e. The molecule has 0 fully saturated rings. The molecule has 0 bridgehead atoms. The number of furan rings is 1. The summed E-state index contributed by atoms with van der Waals surface area (Å²) in [6.07, 6.45) is 0.469. The van der Waals surface area contributed by atoms with Gasteiger partial charge >= 0.3 is 0 Å². The van der Waals surface area contributed by atoms with Crippen LogP contribution in [0.2, 0.25) is 19.6 Å². The fourth-order valence-electron chi connectivity index (χ4n) is 7.31. The summed E-state index contributed by atoms with van der Waals surface area (Å²) < 4.78 is 26.2. The Labute approximate surface area is 350 Å². The molecule has 8 rings (SSSR count). The van der Waals surface area contributed by atoms with E-state index in [4.69, 9.17) is 12.1 Å². The molecular formula is C50H53IrN3OSi-2. The summed E-state index contributed by atoms with van der Waals surface area (Å²) in [6.45, 7) is 21.6. The fourth-order valence-corrected chi connectivity index (χ4v) is 8.70. The topological polar surface area (TPSA) is 43.9 Å². The average Bonchev–Trinajstić information content (AvgIpc) is 3.76. The Morgan fingerprint density at radius 3 is 2.12 bits per heavy atom. The Kier molecular flexibility index (Phi) is 11.3. The summed E-state index contributed by atoms with van der Waals surface area (Å²) in [4.78, 5) is 9.76. The number of rotatable bonds is 7. The molecular weight excluding hydrogens is 879 g/mol. The molecule has 0 N–H and O–H groups in total. The summed E-state index contributed by atoms with van der Waals surface area (Å²) in [6, 6.07) is 43.6. The number of nitrogens with zero attached hydrogens (tertiary/aromatic N) is 3. The van der Waals surface area contributed by atoms with E-state index in [-0.39, 0.29) is 20.1 Å². The minimum atomic E-state index is -1.70. The standard InChI is InChI=1S/C31H27N2O.C19H26NSi.Ir/c1-19(2)21-12-9-13-22(20(3)4)29(21)33-27-17-7-6-16-26(27)32-31(33)25-15-10-14-24-23-11-5-8-18-28(23)34-30(24)25;1-19(2,3)13-16-12-17(15-10-8-7-9-11-15)20-14-18(16)21(4,5)6;/h5-14,16-20H,1-4H3;7-10,12,14H,13H2,1-6H3;/q2*-1;/i;13D2;. The van der Waals surface area contributed by atoms with Crippen molar-refractivity contribution < 1.29 is 27.3 Å². The van der Waals surface area contributed by atoms with Gasteiger partial charge in [-0.3, -0.25) is 4.98 Å². The van der Waals surface area contributed by atoms with Crippen molar-refractivity contribution in [2.24, 2.45) is 5.41 Å². The summed E-state index contributed by atoms with van der Waals surface area (Å²) in [7, 11) is -1.70. The van der Waals surface area contributed by atoms with Gasteiger partial charge in [0.2, 0.25) is 0 Å². The van der Waals surface area contributed by atoms with E-state index in [1.54, 1.807) is 0 Å². The van der Waals surface area contributed by atoms with E-state index in [9.17, 15) is 0 Å². The van der Waals surface area contributed by atoms with Crippen LogP contribution < -0.4 is 5.19 Å². The molecule has 8 aromatic rings. The molecule has 289 valence electrons. The van der Waals surface area contributed by atoms with Crippen molar-refractivity contribution in [3.63, 3.8) is 0 Å². The smallest absolute Gasteiger partial charge is 0.120 e. The van der Waals surface area contributed by atoms with E-state index >= 15 is 0 Å². The number of hydrogen-bond acceptors (Lipinski definition) is 3. The molecule has 0 aliphatic heterocycles. The zero-order chi connectivity index (χ0) is 40.9. The van der Waals surface area contributed by atoms with Gasteiger partial charge in [-0.25, -0.2) is 0 Å². The SMILES string of the molecule is CC(C)c1cccc(C(C)C)c1-n1c(-c2[c-]ccc3c2oc2ccccc23)nc2ccccc21.[2H]C([2H])(c1cc(-c2[c-]cccc2)ncc1[Si](C)(C)C)C(C)(C)C.[Ir]. The van der Waals surface area contributed by atoms with Crippen LogP contribution in [0.25, 0.3) is 61.3 Å². The third-order valence-electron chi connectivity index (χ3n) is 9.90. The van der Waals surface area contributed by atoms with Gasteiger partial charge in [-0.15, -0.1) is 54.1 Å². The molecule has 0 amide bonds. The van der Waals surface area contributed by atoms with Gasteiger partial charge in [0.25, 0.3) is 0 Å². The Morgan fingerprint density at radius 1 is 0.786 bits per heavy atom. The molecule has 5 aromatic carbocycles. The molecule has 0 atom stereocenters. The van der Waals surface area contributed by atoms with Gasteiger partial charge in [-0.05, 0) is 63.8 Å².